The fourth-order valence-corrected chi connectivity index (χ4v) is 4.51. The molecule has 0 bridgehead atoms. The highest BCUT2D eigenvalue weighted by Gasteiger charge is 2.48. The highest BCUT2D eigenvalue weighted by Crippen LogP contribution is 2.52. The molecule has 1 saturated carbocycles. The van der Waals surface area contributed by atoms with Crippen LogP contribution < -0.4 is 0 Å². The molecule has 2 aliphatic carbocycles. The zero-order valence-electron chi connectivity index (χ0n) is 15.2. The summed E-state index contributed by atoms with van der Waals surface area (Å²) in [5, 5.41) is 20.6. The van der Waals surface area contributed by atoms with E-state index >= 15 is 0 Å². The number of aliphatic hydroxyl groups excluding tert-OH is 2. The molecule has 3 nitrogen and oxygen atoms in total. The van der Waals surface area contributed by atoms with Crippen molar-refractivity contribution >= 4 is 5.78 Å². The van der Waals surface area contributed by atoms with Gasteiger partial charge >= 0.3 is 0 Å². The summed E-state index contributed by atoms with van der Waals surface area (Å²) >= 11 is 0. The molecule has 1 aromatic carbocycles. The molecule has 0 aliphatic heterocycles. The summed E-state index contributed by atoms with van der Waals surface area (Å²) in [4.78, 5) is 12.8. The molecule has 3 rings (SSSR count). The molecule has 25 heavy (non-hydrogen) atoms. The van der Waals surface area contributed by atoms with Gasteiger partial charge in [-0.15, -0.1) is 0 Å². The molecule has 0 amide bonds. The van der Waals surface area contributed by atoms with Gasteiger partial charge in [0.15, 0.2) is 5.78 Å². The van der Waals surface area contributed by atoms with E-state index in [4.69, 9.17) is 0 Å². The maximum absolute atomic E-state index is 12.8. The zero-order chi connectivity index (χ0) is 18.0. The normalized spacial score (nSPS) is 29.7. The van der Waals surface area contributed by atoms with Crippen molar-refractivity contribution in [3.8, 4) is 0 Å². The third-order valence-corrected chi connectivity index (χ3v) is 5.80. The molecule has 0 heterocycles. The van der Waals surface area contributed by atoms with Crippen molar-refractivity contribution in [1.82, 2.24) is 0 Å². The van der Waals surface area contributed by atoms with Crippen molar-refractivity contribution in [3.05, 3.63) is 58.7 Å². The van der Waals surface area contributed by atoms with Gasteiger partial charge in [0.05, 0.1) is 12.2 Å². The Kier molecular flexibility index (Phi) is 5.26. The number of hydrogen-bond donors (Lipinski definition) is 2. The molecule has 0 unspecified atom stereocenters. The second-order valence-electron chi connectivity index (χ2n) is 7.65. The van der Waals surface area contributed by atoms with Crippen molar-refractivity contribution in [1.29, 1.82) is 0 Å². The lowest BCUT2D eigenvalue weighted by atomic mass is 9.57. The summed E-state index contributed by atoms with van der Waals surface area (Å²) in [5.74, 6) is 0.0911. The molecule has 0 spiro atoms. The lowest BCUT2D eigenvalue weighted by molar-refractivity contribution is -0.113. The third-order valence-electron chi connectivity index (χ3n) is 5.80. The lowest BCUT2D eigenvalue weighted by Gasteiger charge is -2.48. The Balaban J connectivity index is 2.05. The number of rotatable bonds is 4. The van der Waals surface area contributed by atoms with Gasteiger partial charge in [-0.2, -0.15) is 0 Å². The molecule has 2 N–H and O–H groups in total. The first-order valence-electron chi connectivity index (χ1n) is 9.28. The maximum Gasteiger partial charge on any atom is 0.184 e. The van der Waals surface area contributed by atoms with Crippen LogP contribution in [0.3, 0.4) is 0 Å². The van der Waals surface area contributed by atoms with E-state index in [1.54, 1.807) is 6.92 Å². The predicted octanol–water partition coefficient (Wildman–Crippen LogP) is 3.75. The molecule has 134 valence electrons. The molecule has 2 aliphatic rings. The van der Waals surface area contributed by atoms with Gasteiger partial charge in [0.1, 0.15) is 0 Å². The molecule has 0 saturated heterocycles. The number of carbonyl (C=O) groups is 1. The van der Waals surface area contributed by atoms with Gasteiger partial charge in [-0.05, 0) is 69.1 Å². The van der Waals surface area contributed by atoms with Gasteiger partial charge in [0.2, 0.25) is 0 Å². The number of carbonyl (C=O) groups excluding carboxylic acids is 1. The number of benzene rings is 1. The molecule has 3 atom stereocenters. The summed E-state index contributed by atoms with van der Waals surface area (Å²) < 4.78 is 0. The second kappa shape index (κ2) is 7.27. The van der Waals surface area contributed by atoms with E-state index < -0.39 is 12.2 Å². The fourth-order valence-electron chi connectivity index (χ4n) is 4.51. The van der Waals surface area contributed by atoms with E-state index in [-0.39, 0.29) is 11.2 Å². The minimum atomic E-state index is -0.465. The molecular formula is C22H28O3. The average molecular weight is 340 g/mol. The Morgan fingerprint density at radius 2 is 2.04 bits per heavy atom. The van der Waals surface area contributed by atoms with Crippen LogP contribution in [0.25, 0.3) is 0 Å². The Morgan fingerprint density at radius 1 is 1.32 bits per heavy atom. The smallest absolute Gasteiger partial charge is 0.184 e. The molecule has 1 fully saturated rings. The summed E-state index contributed by atoms with van der Waals surface area (Å²) in [7, 11) is 0. The van der Waals surface area contributed by atoms with Crippen LogP contribution in [0.4, 0.5) is 0 Å². The fraction of sp³-hybridized carbons (Fsp3) is 0.500. The molecule has 3 heteroatoms. The van der Waals surface area contributed by atoms with Gasteiger partial charge in [-0.25, -0.2) is 0 Å². The van der Waals surface area contributed by atoms with Crippen molar-refractivity contribution in [2.75, 3.05) is 0 Å². The van der Waals surface area contributed by atoms with Crippen LogP contribution in [0.5, 0.6) is 0 Å². The number of fused-ring (bicyclic) bond motifs is 1. The van der Waals surface area contributed by atoms with Crippen molar-refractivity contribution in [2.45, 2.75) is 64.6 Å². The monoisotopic (exact) mass is 340 g/mol. The number of hydrogen-bond acceptors (Lipinski definition) is 3. The summed E-state index contributed by atoms with van der Waals surface area (Å²) in [6.45, 7) is 3.64. The van der Waals surface area contributed by atoms with Crippen LogP contribution in [-0.4, -0.2) is 28.2 Å². The largest absolute Gasteiger partial charge is 0.393 e. The first-order valence-corrected chi connectivity index (χ1v) is 9.28. The Labute approximate surface area is 150 Å². The topological polar surface area (TPSA) is 57.5 Å². The Morgan fingerprint density at radius 3 is 2.72 bits per heavy atom. The van der Waals surface area contributed by atoms with Crippen molar-refractivity contribution < 1.29 is 15.0 Å². The molecular weight excluding hydrogens is 312 g/mol. The van der Waals surface area contributed by atoms with Crippen LogP contribution in [0.15, 0.2) is 53.1 Å². The average Bonchev–Trinajstić information content (AvgIpc) is 2.59. The third kappa shape index (κ3) is 3.49. The van der Waals surface area contributed by atoms with Crippen molar-refractivity contribution in [2.24, 2.45) is 5.41 Å². The van der Waals surface area contributed by atoms with Gasteiger partial charge in [0.25, 0.3) is 0 Å². The SMILES string of the molecule is CC1=C2CCC[C@H](O)[C@@]2(Cc2ccccc2)C/C(=C\C[C@@H](C)O)C1=O. The Hall–Kier alpha value is -1.71. The van der Waals surface area contributed by atoms with E-state index in [1.807, 2.05) is 31.2 Å². The number of ketones is 1. The van der Waals surface area contributed by atoms with Crippen LogP contribution >= 0.6 is 0 Å². The van der Waals surface area contributed by atoms with Crippen LogP contribution in [0.2, 0.25) is 0 Å². The van der Waals surface area contributed by atoms with Gasteiger partial charge in [0, 0.05) is 5.41 Å². The summed E-state index contributed by atoms with van der Waals surface area (Å²) in [6, 6.07) is 10.2. The van der Waals surface area contributed by atoms with Crippen molar-refractivity contribution in [3.63, 3.8) is 0 Å². The van der Waals surface area contributed by atoms with Crippen LogP contribution in [-0.2, 0) is 11.2 Å². The number of allylic oxidation sites excluding steroid dienone is 2. The number of aliphatic hydroxyl groups is 2. The lowest BCUT2D eigenvalue weighted by Crippen LogP contribution is -2.46. The van der Waals surface area contributed by atoms with E-state index in [0.29, 0.717) is 12.8 Å². The second-order valence-corrected chi connectivity index (χ2v) is 7.65. The minimum Gasteiger partial charge on any atom is -0.393 e. The summed E-state index contributed by atoms with van der Waals surface area (Å²) in [5.41, 5.74) is 3.51. The van der Waals surface area contributed by atoms with Gasteiger partial charge in [-0.1, -0.05) is 42.0 Å². The predicted molar refractivity (Wildman–Crippen MR) is 99.1 cm³/mol. The van der Waals surface area contributed by atoms with E-state index in [1.165, 1.54) is 5.56 Å². The highest BCUT2D eigenvalue weighted by atomic mass is 16.3. The van der Waals surface area contributed by atoms with E-state index in [9.17, 15) is 15.0 Å². The molecule has 0 aromatic heterocycles. The van der Waals surface area contributed by atoms with Crippen LogP contribution in [0.1, 0.15) is 51.5 Å². The maximum atomic E-state index is 12.8. The van der Waals surface area contributed by atoms with Gasteiger partial charge in [-0.3, -0.25) is 4.79 Å². The minimum absolute atomic E-state index is 0.0911. The highest BCUT2D eigenvalue weighted by molar-refractivity contribution is 6.09. The van der Waals surface area contributed by atoms with Crippen LogP contribution in [0, 0.1) is 5.41 Å². The van der Waals surface area contributed by atoms with Gasteiger partial charge < -0.3 is 10.2 Å². The first kappa shape index (κ1) is 18.1. The number of Topliss-reactive ketones (excluding diaryl/α,β-unsaturated/α-hetero) is 1. The quantitative estimate of drug-likeness (QED) is 0.821. The standard InChI is InChI=1S/C22H28O3/c1-15(23)11-12-18-14-22(13-17-7-4-3-5-8-17)19(16(2)21(18)25)9-6-10-20(22)24/h3-5,7-8,12,15,20,23-24H,6,9-11,13-14H2,1-2H3/b18-12+/t15-,20+,22+/m1/s1. The Bertz CT molecular complexity index is 699. The van der Waals surface area contributed by atoms with E-state index in [0.717, 1.165) is 42.4 Å². The summed E-state index contributed by atoms with van der Waals surface area (Å²) in [6.07, 6.45) is 5.38. The first-order chi connectivity index (χ1) is 11.9. The molecule has 1 aromatic rings. The zero-order valence-corrected chi connectivity index (χ0v) is 15.2. The van der Waals surface area contributed by atoms with E-state index in [2.05, 4.69) is 12.1 Å². The molecule has 0 radical (unpaired) electrons.